The molecule has 2 nitrogen and oxygen atoms in total. The van der Waals surface area contributed by atoms with Crippen LogP contribution in [0.4, 0.5) is 0 Å². The average molecular weight is 137 g/mol. The van der Waals surface area contributed by atoms with Gasteiger partial charge in [0.05, 0.1) is 5.92 Å². The van der Waals surface area contributed by atoms with Gasteiger partial charge < -0.3 is 4.29 Å². The SMILES string of the molecule is CC[C@@H](C)C(=O)OCl. The molecule has 0 aliphatic heterocycles. The lowest BCUT2D eigenvalue weighted by Crippen LogP contribution is -2.08. The minimum Gasteiger partial charge on any atom is -0.347 e. The maximum absolute atomic E-state index is 10.4. The highest BCUT2D eigenvalue weighted by Crippen LogP contribution is 2.03. The molecule has 48 valence electrons. The summed E-state index contributed by atoms with van der Waals surface area (Å²) in [6.07, 6.45) is 0.769. The molecule has 0 fully saturated rings. The highest BCUT2D eigenvalue weighted by molar-refractivity contribution is 6.13. The van der Waals surface area contributed by atoms with Gasteiger partial charge in [0, 0.05) is 0 Å². The molecule has 0 radical (unpaired) electrons. The van der Waals surface area contributed by atoms with E-state index >= 15 is 0 Å². The van der Waals surface area contributed by atoms with Gasteiger partial charge in [0.1, 0.15) is 11.9 Å². The van der Waals surface area contributed by atoms with Crippen molar-refractivity contribution in [3.05, 3.63) is 0 Å². The summed E-state index contributed by atoms with van der Waals surface area (Å²) < 4.78 is 3.94. The summed E-state index contributed by atoms with van der Waals surface area (Å²) in [5.41, 5.74) is 0. The molecular formula is C5H9ClO2. The molecule has 0 aliphatic rings. The third-order valence-electron chi connectivity index (χ3n) is 1.09. The first-order valence-electron chi connectivity index (χ1n) is 2.54. The summed E-state index contributed by atoms with van der Waals surface area (Å²) in [4.78, 5) is 10.4. The van der Waals surface area contributed by atoms with E-state index in [1.54, 1.807) is 6.92 Å². The van der Waals surface area contributed by atoms with Crippen molar-refractivity contribution in [1.82, 2.24) is 0 Å². The molecule has 0 saturated carbocycles. The minimum atomic E-state index is -0.353. The molecule has 0 spiro atoms. The van der Waals surface area contributed by atoms with Gasteiger partial charge in [0.15, 0.2) is 0 Å². The molecule has 0 aliphatic carbocycles. The van der Waals surface area contributed by atoms with Crippen LogP contribution in [-0.2, 0) is 9.08 Å². The summed E-state index contributed by atoms with van der Waals surface area (Å²) in [6.45, 7) is 3.67. The maximum Gasteiger partial charge on any atom is 0.327 e. The molecule has 0 N–H and O–H groups in total. The van der Waals surface area contributed by atoms with Crippen LogP contribution < -0.4 is 0 Å². The van der Waals surface area contributed by atoms with Gasteiger partial charge >= 0.3 is 5.97 Å². The van der Waals surface area contributed by atoms with E-state index in [9.17, 15) is 4.79 Å². The first-order chi connectivity index (χ1) is 3.72. The molecule has 0 aromatic carbocycles. The quantitative estimate of drug-likeness (QED) is 0.578. The number of carbonyl (C=O) groups excluding carboxylic acids is 1. The van der Waals surface area contributed by atoms with E-state index in [1.165, 1.54) is 0 Å². The third kappa shape index (κ3) is 2.17. The van der Waals surface area contributed by atoms with Crippen LogP contribution in [0.1, 0.15) is 20.3 Å². The van der Waals surface area contributed by atoms with Gasteiger partial charge in [0.2, 0.25) is 0 Å². The third-order valence-corrected chi connectivity index (χ3v) is 1.24. The van der Waals surface area contributed by atoms with E-state index in [0.717, 1.165) is 6.42 Å². The normalized spacial score (nSPS) is 12.9. The van der Waals surface area contributed by atoms with Crippen molar-refractivity contribution in [2.45, 2.75) is 20.3 Å². The predicted octanol–water partition coefficient (Wildman–Crippen LogP) is 1.73. The first kappa shape index (κ1) is 7.76. The van der Waals surface area contributed by atoms with Crippen molar-refractivity contribution in [1.29, 1.82) is 0 Å². The van der Waals surface area contributed by atoms with Crippen LogP contribution in [0, 0.1) is 5.92 Å². The monoisotopic (exact) mass is 136 g/mol. The average Bonchev–Trinajstić information content (AvgIpc) is 1.84. The van der Waals surface area contributed by atoms with Gasteiger partial charge in [-0.3, -0.25) is 4.79 Å². The molecule has 8 heavy (non-hydrogen) atoms. The number of halogens is 1. The zero-order valence-corrected chi connectivity index (χ0v) is 5.73. The van der Waals surface area contributed by atoms with Gasteiger partial charge in [-0.25, -0.2) is 0 Å². The fourth-order valence-electron chi connectivity index (χ4n) is 0.243. The lowest BCUT2D eigenvalue weighted by molar-refractivity contribution is -0.137. The molecule has 0 bridgehead atoms. The van der Waals surface area contributed by atoms with Gasteiger partial charge in [-0.1, -0.05) is 13.8 Å². The fourth-order valence-corrected chi connectivity index (χ4v) is 0.395. The Bertz CT molecular complexity index is 82.5. The Labute approximate surface area is 53.9 Å². The Hall–Kier alpha value is -0.240. The Morgan fingerprint density at radius 3 is 2.50 bits per heavy atom. The van der Waals surface area contributed by atoms with Crippen LogP contribution >= 0.6 is 11.9 Å². The summed E-state index contributed by atoms with van der Waals surface area (Å²) in [5.74, 6) is -0.429. The number of rotatable bonds is 2. The van der Waals surface area contributed by atoms with E-state index in [-0.39, 0.29) is 11.9 Å². The largest absolute Gasteiger partial charge is 0.347 e. The molecule has 0 aromatic rings. The van der Waals surface area contributed by atoms with Crippen molar-refractivity contribution in [3.63, 3.8) is 0 Å². The van der Waals surface area contributed by atoms with Gasteiger partial charge in [-0.05, 0) is 6.42 Å². The second-order valence-electron chi connectivity index (χ2n) is 1.71. The molecule has 1 atom stereocenters. The zero-order chi connectivity index (χ0) is 6.57. The maximum atomic E-state index is 10.4. The molecule has 0 amide bonds. The molecule has 0 rings (SSSR count). The van der Waals surface area contributed by atoms with Crippen LogP contribution in [0.15, 0.2) is 0 Å². The second-order valence-corrected chi connectivity index (χ2v) is 1.86. The van der Waals surface area contributed by atoms with Crippen LogP contribution in [-0.4, -0.2) is 5.97 Å². The Kier molecular flexibility index (Phi) is 3.61. The summed E-state index contributed by atoms with van der Waals surface area (Å²) in [5, 5.41) is 0. The van der Waals surface area contributed by atoms with Crippen molar-refractivity contribution in [2.24, 2.45) is 5.92 Å². The number of hydrogen-bond donors (Lipinski definition) is 0. The topological polar surface area (TPSA) is 26.3 Å². The highest BCUT2D eigenvalue weighted by Gasteiger charge is 2.09. The second kappa shape index (κ2) is 3.72. The minimum absolute atomic E-state index is 0.0764. The standard InChI is InChI=1S/C5H9ClO2/c1-3-4(2)5(7)8-6/h4H,3H2,1-2H3/t4-/m1/s1. The van der Waals surface area contributed by atoms with Crippen LogP contribution in [0.25, 0.3) is 0 Å². The van der Waals surface area contributed by atoms with E-state index in [2.05, 4.69) is 4.29 Å². The molecule has 0 unspecified atom stereocenters. The molecular weight excluding hydrogens is 128 g/mol. The van der Waals surface area contributed by atoms with E-state index in [4.69, 9.17) is 11.9 Å². The lowest BCUT2D eigenvalue weighted by atomic mass is 10.1. The van der Waals surface area contributed by atoms with Crippen LogP contribution in [0.5, 0.6) is 0 Å². The van der Waals surface area contributed by atoms with Crippen molar-refractivity contribution >= 4 is 17.8 Å². The number of hydrogen-bond acceptors (Lipinski definition) is 2. The fraction of sp³-hybridized carbons (Fsp3) is 0.800. The Morgan fingerprint density at radius 2 is 2.38 bits per heavy atom. The molecule has 0 saturated heterocycles. The summed E-state index contributed by atoms with van der Waals surface area (Å²) in [6, 6.07) is 0. The van der Waals surface area contributed by atoms with Crippen LogP contribution in [0.2, 0.25) is 0 Å². The molecule has 3 heteroatoms. The van der Waals surface area contributed by atoms with E-state index < -0.39 is 0 Å². The summed E-state index contributed by atoms with van der Waals surface area (Å²) in [7, 11) is 0. The van der Waals surface area contributed by atoms with Crippen molar-refractivity contribution < 1.29 is 9.08 Å². The predicted molar refractivity (Wildman–Crippen MR) is 31.4 cm³/mol. The van der Waals surface area contributed by atoms with Crippen LogP contribution in [0.3, 0.4) is 0 Å². The van der Waals surface area contributed by atoms with Crippen molar-refractivity contribution in [3.8, 4) is 0 Å². The van der Waals surface area contributed by atoms with Gasteiger partial charge in [-0.2, -0.15) is 0 Å². The highest BCUT2D eigenvalue weighted by atomic mass is 35.5. The van der Waals surface area contributed by atoms with E-state index in [1.807, 2.05) is 6.92 Å². The number of carbonyl (C=O) groups is 1. The Balaban J connectivity index is 3.46. The first-order valence-corrected chi connectivity index (χ1v) is 2.85. The van der Waals surface area contributed by atoms with Crippen molar-refractivity contribution in [2.75, 3.05) is 0 Å². The smallest absolute Gasteiger partial charge is 0.327 e. The lowest BCUT2D eigenvalue weighted by Gasteiger charge is -2.00. The van der Waals surface area contributed by atoms with Gasteiger partial charge in [0.25, 0.3) is 0 Å². The zero-order valence-electron chi connectivity index (χ0n) is 4.98. The summed E-state index contributed by atoms with van der Waals surface area (Å²) >= 11 is 4.78. The molecule has 0 aromatic heterocycles. The van der Waals surface area contributed by atoms with Gasteiger partial charge in [-0.15, -0.1) is 0 Å². The molecule has 0 heterocycles. The Morgan fingerprint density at radius 1 is 1.88 bits per heavy atom. The van der Waals surface area contributed by atoms with E-state index in [0.29, 0.717) is 0 Å².